The summed E-state index contributed by atoms with van der Waals surface area (Å²) in [5.41, 5.74) is 7.04. The fourth-order valence-electron chi connectivity index (χ4n) is 1.74. The van der Waals surface area contributed by atoms with Gasteiger partial charge in [0, 0.05) is 24.8 Å². The van der Waals surface area contributed by atoms with Crippen LogP contribution in [0.25, 0.3) is 0 Å². The van der Waals surface area contributed by atoms with Crippen LogP contribution in [-0.4, -0.2) is 23.0 Å². The molecule has 6 nitrogen and oxygen atoms in total. The zero-order chi connectivity index (χ0) is 15.5. The van der Waals surface area contributed by atoms with Crippen LogP contribution in [0, 0.1) is 0 Å². The number of rotatable bonds is 6. The average molecular weight is 324 g/mol. The summed E-state index contributed by atoms with van der Waals surface area (Å²) in [5, 5.41) is 0.00912. The Morgan fingerprint density at radius 3 is 2.86 bits per heavy atom. The maximum absolute atomic E-state index is 12.1. The van der Waals surface area contributed by atoms with Crippen molar-refractivity contribution in [1.82, 2.24) is 14.3 Å². The minimum Gasteiger partial charge on any atom is -0.389 e. The molecule has 1 aromatic heterocycles. The van der Waals surface area contributed by atoms with Crippen LogP contribution in [0.1, 0.15) is 18.1 Å². The van der Waals surface area contributed by atoms with E-state index >= 15 is 0 Å². The standard InChI is InChI=1S/C13H16N4O2S2/c1-2-17-8-12(15-9-17)21(18,19)16-7-10-4-3-5-11(6-10)13(14)20/h3-6,8-9,16H,2,7H2,1H3,(H2,14,20). The van der Waals surface area contributed by atoms with Gasteiger partial charge in [-0.05, 0) is 18.6 Å². The summed E-state index contributed by atoms with van der Waals surface area (Å²) in [6, 6.07) is 7.12. The molecule has 0 saturated heterocycles. The maximum Gasteiger partial charge on any atom is 0.259 e. The van der Waals surface area contributed by atoms with E-state index in [-0.39, 0.29) is 16.6 Å². The lowest BCUT2D eigenvalue weighted by Crippen LogP contribution is -2.23. The molecular weight excluding hydrogens is 308 g/mol. The number of nitrogens with one attached hydrogen (secondary N) is 1. The van der Waals surface area contributed by atoms with Gasteiger partial charge in [0.25, 0.3) is 10.0 Å². The van der Waals surface area contributed by atoms with Crippen LogP contribution in [0.3, 0.4) is 0 Å². The molecular formula is C13H16N4O2S2. The first kappa shape index (κ1) is 15.6. The molecule has 1 aromatic carbocycles. The number of nitrogens with two attached hydrogens (primary N) is 1. The largest absolute Gasteiger partial charge is 0.389 e. The van der Waals surface area contributed by atoms with Gasteiger partial charge in [0.15, 0.2) is 5.03 Å². The molecule has 112 valence electrons. The van der Waals surface area contributed by atoms with Crippen LogP contribution >= 0.6 is 12.2 Å². The highest BCUT2D eigenvalue weighted by molar-refractivity contribution is 7.89. The van der Waals surface area contributed by atoms with Crippen LogP contribution in [0.5, 0.6) is 0 Å². The monoisotopic (exact) mass is 324 g/mol. The number of thiocarbonyl (C=S) groups is 1. The summed E-state index contributed by atoms with van der Waals surface area (Å²) in [6.45, 7) is 2.73. The Labute approximate surface area is 129 Å². The van der Waals surface area contributed by atoms with E-state index in [0.29, 0.717) is 12.1 Å². The van der Waals surface area contributed by atoms with Crippen molar-refractivity contribution in [2.45, 2.75) is 25.0 Å². The third kappa shape index (κ3) is 3.87. The van der Waals surface area contributed by atoms with Gasteiger partial charge in [0.05, 0.1) is 6.33 Å². The summed E-state index contributed by atoms with van der Waals surface area (Å²) >= 11 is 4.90. The van der Waals surface area contributed by atoms with Crippen LogP contribution in [-0.2, 0) is 23.1 Å². The van der Waals surface area contributed by atoms with E-state index in [0.717, 1.165) is 5.56 Å². The van der Waals surface area contributed by atoms with Crippen LogP contribution in [0.4, 0.5) is 0 Å². The van der Waals surface area contributed by atoms with E-state index in [1.54, 1.807) is 28.8 Å². The van der Waals surface area contributed by atoms with E-state index in [1.165, 1.54) is 12.5 Å². The smallest absolute Gasteiger partial charge is 0.259 e. The van der Waals surface area contributed by atoms with Crippen LogP contribution < -0.4 is 10.5 Å². The van der Waals surface area contributed by atoms with Crippen molar-refractivity contribution in [3.05, 3.63) is 47.9 Å². The number of aromatic nitrogens is 2. The Kier molecular flexibility index (Phi) is 4.71. The number of nitrogens with zero attached hydrogens (tertiary/aromatic N) is 2. The summed E-state index contributed by atoms with van der Waals surface area (Å²) in [4.78, 5) is 4.17. The minimum atomic E-state index is -3.63. The first-order chi connectivity index (χ1) is 9.92. The molecule has 0 aliphatic rings. The van der Waals surface area contributed by atoms with E-state index in [2.05, 4.69) is 9.71 Å². The number of hydrogen-bond donors (Lipinski definition) is 2. The molecule has 0 aliphatic heterocycles. The Balaban J connectivity index is 2.11. The van der Waals surface area contributed by atoms with Gasteiger partial charge in [0.2, 0.25) is 0 Å². The highest BCUT2D eigenvalue weighted by Crippen LogP contribution is 2.09. The molecule has 0 radical (unpaired) electrons. The fraction of sp³-hybridized carbons (Fsp3) is 0.231. The molecule has 2 rings (SSSR count). The highest BCUT2D eigenvalue weighted by Gasteiger charge is 2.16. The van der Waals surface area contributed by atoms with Gasteiger partial charge < -0.3 is 10.3 Å². The van der Waals surface area contributed by atoms with Crippen molar-refractivity contribution in [2.24, 2.45) is 5.73 Å². The van der Waals surface area contributed by atoms with Gasteiger partial charge in [-0.2, -0.15) is 0 Å². The zero-order valence-corrected chi connectivity index (χ0v) is 13.1. The van der Waals surface area contributed by atoms with Crippen molar-refractivity contribution < 1.29 is 8.42 Å². The Bertz CT molecular complexity index is 753. The molecule has 3 N–H and O–H groups in total. The molecule has 0 saturated carbocycles. The SMILES string of the molecule is CCn1cnc(S(=O)(=O)NCc2cccc(C(N)=S)c2)c1. The molecule has 21 heavy (non-hydrogen) atoms. The summed E-state index contributed by atoms with van der Waals surface area (Å²) in [7, 11) is -3.63. The Morgan fingerprint density at radius 1 is 1.48 bits per heavy atom. The van der Waals surface area contributed by atoms with Gasteiger partial charge >= 0.3 is 0 Å². The Hall–Kier alpha value is -1.77. The number of hydrogen-bond acceptors (Lipinski definition) is 4. The topological polar surface area (TPSA) is 90.0 Å². The summed E-state index contributed by atoms with van der Waals surface area (Å²) < 4.78 is 28.4. The minimum absolute atomic E-state index is 0.00912. The molecule has 1 heterocycles. The number of aryl methyl sites for hydroxylation is 1. The second-order valence-corrected chi connectivity index (χ2v) is 6.59. The van der Waals surface area contributed by atoms with Crippen molar-refractivity contribution in [1.29, 1.82) is 0 Å². The third-order valence-corrected chi connectivity index (χ3v) is 4.45. The molecule has 2 aromatic rings. The number of benzene rings is 1. The number of sulfonamides is 1. The fourth-order valence-corrected chi connectivity index (χ4v) is 2.83. The predicted octanol–water partition coefficient (Wildman–Crippen LogP) is 1.02. The lowest BCUT2D eigenvalue weighted by atomic mass is 10.1. The van der Waals surface area contributed by atoms with Crippen molar-refractivity contribution in [3.63, 3.8) is 0 Å². The van der Waals surface area contributed by atoms with E-state index in [1.807, 2.05) is 6.92 Å². The zero-order valence-electron chi connectivity index (χ0n) is 11.5. The summed E-state index contributed by atoms with van der Waals surface area (Å²) in [5.74, 6) is 0. The van der Waals surface area contributed by atoms with Gasteiger partial charge in [-0.3, -0.25) is 0 Å². The van der Waals surface area contributed by atoms with Gasteiger partial charge in [0.1, 0.15) is 4.99 Å². The first-order valence-electron chi connectivity index (χ1n) is 6.32. The van der Waals surface area contributed by atoms with Crippen molar-refractivity contribution in [3.8, 4) is 0 Å². The molecule has 0 unspecified atom stereocenters. The molecule has 0 fully saturated rings. The van der Waals surface area contributed by atoms with Crippen LogP contribution in [0.2, 0.25) is 0 Å². The Morgan fingerprint density at radius 2 is 2.24 bits per heavy atom. The number of imidazole rings is 1. The molecule has 0 atom stereocenters. The second-order valence-electron chi connectivity index (χ2n) is 4.43. The first-order valence-corrected chi connectivity index (χ1v) is 8.21. The summed E-state index contributed by atoms with van der Waals surface area (Å²) in [6.07, 6.45) is 2.98. The highest BCUT2D eigenvalue weighted by atomic mass is 32.2. The molecule has 0 bridgehead atoms. The lowest BCUT2D eigenvalue weighted by molar-refractivity contribution is 0.578. The van der Waals surface area contributed by atoms with E-state index < -0.39 is 10.0 Å². The maximum atomic E-state index is 12.1. The van der Waals surface area contributed by atoms with Gasteiger partial charge in [-0.15, -0.1) is 0 Å². The van der Waals surface area contributed by atoms with Gasteiger partial charge in [-0.1, -0.05) is 30.4 Å². The van der Waals surface area contributed by atoms with Gasteiger partial charge in [-0.25, -0.2) is 18.1 Å². The second kappa shape index (κ2) is 6.33. The van der Waals surface area contributed by atoms with Crippen molar-refractivity contribution in [2.75, 3.05) is 0 Å². The lowest BCUT2D eigenvalue weighted by Gasteiger charge is -2.06. The quantitative estimate of drug-likeness (QED) is 0.774. The predicted molar refractivity (Wildman–Crippen MR) is 84.3 cm³/mol. The molecule has 0 spiro atoms. The normalized spacial score (nSPS) is 11.5. The van der Waals surface area contributed by atoms with Crippen LogP contribution in [0.15, 0.2) is 41.8 Å². The van der Waals surface area contributed by atoms with Crippen molar-refractivity contribution >= 4 is 27.2 Å². The third-order valence-electron chi connectivity index (χ3n) is 2.93. The molecule has 8 heteroatoms. The van der Waals surface area contributed by atoms with E-state index in [9.17, 15) is 8.42 Å². The molecule has 0 amide bonds. The van der Waals surface area contributed by atoms with E-state index in [4.69, 9.17) is 18.0 Å². The average Bonchev–Trinajstić information content (AvgIpc) is 2.95. The molecule has 0 aliphatic carbocycles.